The number of imidazole rings is 1. The Kier molecular flexibility index (Phi) is 2.47. The fourth-order valence-corrected chi connectivity index (χ4v) is 2.77. The summed E-state index contributed by atoms with van der Waals surface area (Å²) in [6.07, 6.45) is 3.91. The lowest BCUT2D eigenvalue weighted by atomic mass is 10.1. The van der Waals surface area contributed by atoms with Gasteiger partial charge in [-0.2, -0.15) is 0 Å². The minimum Gasteiger partial charge on any atom is -0.399 e. The predicted octanol–water partition coefficient (Wildman–Crippen LogP) is 2.07. The zero-order valence-corrected chi connectivity index (χ0v) is 11.4. The van der Waals surface area contributed by atoms with Gasteiger partial charge in [-0.15, -0.1) is 0 Å². The molecule has 0 saturated heterocycles. The maximum Gasteiger partial charge on any atom is 0.254 e. The van der Waals surface area contributed by atoms with Gasteiger partial charge in [0.05, 0.1) is 12.2 Å². The molecule has 5 heteroatoms. The smallest absolute Gasteiger partial charge is 0.254 e. The molecule has 0 radical (unpaired) electrons. The second-order valence-corrected chi connectivity index (χ2v) is 5.28. The van der Waals surface area contributed by atoms with Crippen molar-refractivity contribution in [3.63, 3.8) is 0 Å². The Labute approximate surface area is 121 Å². The van der Waals surface area contributed by atoms with Gasteiger partial charge in [-0.1, -0.05) is 12.1 Å². The molecule has 1 aromatic carbocycles. The lowest BCUT2D eigenvalue weighted by Gasteiger charge is -2.13. The number of carbonyl (C=O) groups excluding carboxylic acids is 1. The second-order valence-electron chi connectivity index (χ2n) is 5.28. The van der Waals surface area contributed by atoms with Gasteiger partial charge < -0.3 is 15.0 Å². The Balaban J connectivity index is 1.63. The van der Waals surface area contributed by atoms with Crippen LogP contribution in [0.2, 0.25) is 0 Å². The van der Waals surface area contributed by atoms with Crippen LogP contribution in [0.1, 0.15) is 21.6 Å². The van der Waals surface area contributed by atoms with Gasteiger partial charge in [0.15, 0.2) is 0 Å². The van der Waals surface area contributed by atoms with Crippen LogP contribution in [0.25, 0.3) is 5.65 Å². The van der Waals surface area contributed by atoms with Crippen LogP contribution in [-0.4, -0.2) is 20.2 Å². The van der Waals surface area contributed by atoms with Crippen molar-refractivity contribution >= 4 is 17.2 Å². The highest BCUT2D eigenvalue weighted by molar-refractivity contribution is 5.99. The normalized spacial score (nSPS) is 13.9. The van der Waals surface area contributed by atoms with Crippen LogP contribution in [0.4, 0.5) is 5.69 Å². The van der Waals surface area contributed by atoms with E-state index >= 15 is 0 Å². The molecule has 0 fully saturated rings. The highest BCUT2D eigenvalue weighted by atomic mass is 16.2. The third kappa shape index (κ3) is 1.94. The lowest BCUT2D eigenvalue weighted by Crippen LogP contribution is -2.23. The number of nitrogens with zero attached hydrogens (tertiary/aromatic N) is 3. The maximum absolute atomic E-state index is 12.4. The number of fused-ring (bicyclic) bond motifs is 2. The monoisotopic (exact) mass is 278 g/mol. The highest BCUT2D eigenvalue weighted by Crippen LogP contribution is 2.26. The van der Waals surface area contributed by atoms with Crippen LogP contribution in [0.15, 0.2) is 48.8 Å². The average Bonchev–Trinajstić information content (AvgIpc) is 3.01. The summed E-state index contributed by atoms with van der Waals surface area (Å²) in [6, 6.07) is 11.4. The summed E-state index contributed by atoms with van der Waals surface area (Å²) in [5.74, 6) is 0.0226. The number of nitrogens with two attached hydrogens (primary N) is 1. The molecule has 21 heavy (non-hydrogen) atoms. The number of carbonyl (C=O) groups is 1. The molecular weight excluding hydrogens is 264 g/mol. The minimum absolute atomic E-state index is 0.0226. The Morgan fingerprint density at radius 2 is 2.14 bits per heavy atom. The van der Waals surface area contributed by atoms with Crippen molar-refractivity contribution in [2.75, 3.05) is 5.73 Å². The third-order valence-electron chi connectivity index (χ3n) is 3.78. The molecule has 0 atom stereocenters. The van der Waals surface area contributed by atoms with Gasteiger partial charge in [0.1, 0.15) is 5.65 Å². The molecule has 0 aliphatic carbocycles. The summed E-state index contributed by atoms with van der Waals surface area (Å²) in [4.78, 5) is 18.7. The van der Waals surface area contributed by atoms with E-state index in [2.05, 4.69) is 4.98 Å². The molecule has 1 amide bonds. The number of aromatic nitrogens is 2. The minimum atomic E-state index is 0.0226. The van der Waals surface area contributed by atoms with Crippen LogP contribution in [0.3, 0.4) is 0 Å². The highest BCUT2D eigenvalue weighted by Gasteiger charge is 2.27. The number of nitrogen functional groups attached to an aromatic ring is 1. The Hall–Kier alpha value is -2.82. The van der Waals surface area contributed by atoms with E-state index < -0.39 is 0 Å². The first-order valence-corrected chi connectivity index (χ1v) is 6.81. The Morgan fingerprint density at radius 1 is 1.24 bits per heavy atom. The van der Waals surface area contributed by atoms with Gasteiger partial charge in [-0.3, -0.25) is 4.79 Å². The van der Waals surface area contributed by atoms with Crippen LogP contribution in [0.5, 0.6) is 0 Å². The van der Waals surface area contributed by atoms with Crippen molar-refractivity contribution in [3.8, 4) is 0 Å². The largest absolute Gasteiger partial charge is 0.399 e. The molecule has 5 nitrogen and oxygen atoms in total. The summed E-state index contributed by atoms with van der Waals surface area (Å²) >= 11 is 0. The molecular formula is C16H14N4O. The quantitative estimate of drug-likeness (QED) is 0.730. The molecule has 1 aliphatic heterocycles. The zero-order valence-electron chi connectivity index (χ0n) is 11.4. The molecule has 0 saturated carbocycles. The number of hydrogen-bond donors (Lipinski definition) is 1. The van der Waals surface area contributed by atoms with Gasteiger partial charge in [-0.25, -0.2) is 4.98 Å². The van der Waals surface area contributed by atoms with E-state index in [4.69, 9.17) is 5.73 Å². The predicted molar refractivity (Wildman–Crippen MR) is 79.6 cm³/mol. The van der Waals surface area contributed by atoms with Gasteiger partial charge in [0.2, 0.25) is 0 Å². The van der Waals surface area contributed by atoms with E-state index in [0.717, 1.165) is 16.9 Å². The Bertz CT molecular complexity index is 819. The molecule has 104 valence electrons. The van der Waals surface area contributed by atoms with Crippen LogP contribution >= 0.6 is 0 Å². The van der Waals surface area contributed by atoms with E-state index in [0.29, 0.717) is 24.3 Å². The fourth-order valence-electron chi connectivity index (χ4n) is 2.77. The molecule has 2 aromatic heterocycles. The van der Waals surface area contributed by atoms with Crippen LogP contribution in [0, 0.1) is 0 Å². The molecule has 1 aliphatic rings. The van der Waals surface area contributed by atoms with Crippen molar-refractivity contribution < 1.29 is 4.79 Å². The SMILES string of the molecule is Nc1ccc2c(c1)C(=O)N(Cc1cn3ccccc3n1)C2. The molecule has 0 spiro atoms. The zero-order chi connectivity index (χ0) is 14.4. The summed E-state index contributed by atoms with van der Waals surface area (Å²) in [7, 11) is 0. The Morgan fingerprint density at radius 3 is 3.00 bits per heavy atom. The first-order chi connectivity index (χ1) is 10.2. The number of amides is 1. The molecule has 3 aromatic rings. The molecule has 0 unspecified atom stereocenters. The third-order valence-corrected chi connectivity index (χ3v) is 3.78. The summed E-state index contributed by atoms with van der Waals surface area (Å²) in [5, 5.41) is 0. The van der Waals surface area contributed by atoms with Gasteiger partial charge in [0, 0.05) is 30.2 Å². The summed E-state index contributed by atoms with van der Waals surface area (Å²) < 4.78 is 1.96. The molecule has 2 N–H and O–H groups in total. The van der Waals surface area contributed by atoms with Gasteiger partial charge in [0.25, 0.3) is 5.91 Å². The van der Waals surface area contributed by atoms with Crippen LogP contribution < -0.4 is 5.73 Å². The van der Waals surface area contributed by atoms with E-state index in [1.165, 1.54) is 0 Å². The molecule has 3 heterocycles. The molecule has 0 bridgehead atoms. The lowest BCUT2D eigenvalue weighted by molar-refractivity contribution is 0.0765. The number of hydrogen-bond acceptors (Lipinski definition) is 3. The van der Waals surface area contributed by atoms with E-state index in [1.807, 2.05) is 47.1 Å². The second kappa shape index (κ2) is 4.34. The van der Waals surface area contributed by atoms with Crippen molar-refractivity contribution in [1.82, 2.24) is 14.3 Å². The van der Waals surface area contributed by atoms with E-state index in [9.17, 15) is 4.79 Å². The number of anilines is 1. The van der Waals surface area contributed by atoms with E-state index in [-0.39, 0.29) is 5.91 Å². The standard InChI is InChI=1S/C16H14N4O/c17-12-5-4-11-8-20(16(21)14(11)7-12)10-13-9-19-6-2-1-3-15(19)18-13/h1-7,9H,8,10,17H2. The maximum atomic E-state index is 12.4. The van der Waals surface area contributed by atoms with Crippen LogP contribution in [-0.2, 0) is 13.1 Å². The van der Waals surface area contributed by atoms with Crippen molar-refractivity contribution in [3.05, 3.63) is 65.6 Å². The summed E-state index contributed by atoms with van der Waals surface area (Å²) in [5.41, 5.74) is 9.88. The van der Waals surface area contributed by atoms with Crippen molar-refractivity contribution in [2.24, 2.45) is 0 Å². The molecule has 4 rings (SSSR count). The van der Waals surface area contributed by atoms with Crippen molar-refractivity contribution in [2.45, 2.75) is 13.1 Å². The number of pyridine rings is 1. The summed E-state index contributed by atoms with van der Waals surface area (Å²) in [6.45, 7) is 1.12. The topological polar surface area (TPSA) is 63.6 Å². The van der Waals surface area contributed by atoms with Crippen molar-refractivity contribution in [1.29, 1.82) is 0 Å². The number of rotatable bonds is 2. The van der Waals surface area contributed by atoms with E-state index in [1.54, 1.807) is 11.0 Å². The average molecular weight is 278 g/mol. The van der Waals surface area contributed by atoms with Gasteiger partial charge in [-0.05, 0) is 29.8 Å². The first kappa shape index (κ1) is 12.0. The number of benzene rings is 1. The first-order valence-electron chi connectivity index (χ1n) is 6.81. The van der Waals surface area contributed by atoms with Gasteiger partial charge >= 0.3 is 0 Å². The fraction of sp³-hybridized carbons (Fsp3) is 0.125.